The Labute approximate surface area is 222 Å². The topological polar surface area (TPSA) is 123 Å². The van der Waals surface area contributed by atoms with E-state index < -0.39 is 6.04 Å². The summed E-state index contributed by atoms with van der Waals surface area (Å²) in [5.41, 5.74) is 11.9. The number of aryl methyl sites for hydroxylation is 1. The lowest BCUT2D eigenvalue weighted by Gasteiger charge is -2.60. The lowest BCUT2D eigenvalue weighted by molar-refractivity contribution is -0.0719. The zero-order valence-electron chi connectivity index (χ0n) is 22.4. The number of methoxy groups -OCH3 is 2. The molecule has 1 saturated heterocycles. The monoisotopic (exact) mass is 522 g/mol. The molecule has 4 heterocycles. The van der Waals surface area contributed by atoms with E-state index in [1.54, 1.807) is 14.2 Å². The van der Waals surface area contributed by atoms with E-state index in [9.17, 15) is 10.4 Å². The van der Waals surface area contributed by atoms with E-state index >= 15 is 0 Å². The summed E-state index contributed by atoms with van der Waals surface area (Å²) in [6.45, 7) is 4.29. The Balaban J connectivity index is 1.60. The summed E-state index contributed by atoms with van der Waals surface area (Å²) in [5.74, 6) is 2.73. The van der Waals surface area contributed by atoms with Crippen LogP contribution in [0.25, 0.3) is 0 Å². The fourth-order valence-electron chi connectivity index (χ4n) is 7.31. The number of nitriles is 1. The van der Waals surface area contributed by atoms with E-state index in [0.717, 1.165) is 27.8 Å². The predicted octanol–water partition coefficient (Wildman–Crippen LogP) is 2.46. The van der Waals surface area contributed by atoms with Crippen molar-refractivity contribution in [2.75, 3.05) is 41.4 Å². The minimum atomic E-state index is -0.414. The lowest BCUT2D eigenvalue weighted by atomic mass is 9.71. The SMILES string of the molecule is COCOc1c(OC)c(C)cc2c1C1C3Cc4c(O)c(C)c5c(c4[C@H](CN)N3C(C#N)C(C2)N1C)OCO5. The Hall–Kier alpha value is -3.23. The van der Waals surface area contributed by atoms with Gasteiger partial charge in [0.1, 0.15) is 11.8 Å². The number of piperazine rings is 1. The number of hydrogen-bond acceptors (Lipinski definition) is 10. The van der Waals surface area contributed by atoms with Crippen molar-refractivity contribution in [2.45, 2.75) is 56.9 Å². The Morgan fingerprint density at radius 1 is 1.13 bits per heavy atom. The third-order valence-corrected chi connectivity index (χ3v) is 8.82. The van der Waals surface area contributed by atoms with Crippen molar-refractivity contribution in [3.63, 3.8) is 0 Å². The van der Waals surface area contributed by atoms with Crippen molar-refractivity contribution < 1.29 is 28.8 Å². The molecular formula is C28H34N4O6. The summed E-state index contributed by atoms with van der Waals surface area (Å²) < 4.78 is 28.9. The molecule has 10 nitrogen and oxygen atoms in total. The number of hydrogen-bond donors (Lipinski definition) is 2. The molecule has 4 unspecified atom stereocenters. The van der Waals surface area contributed by atoms with Gasteiger partial charge in [-0.2, -0.15) is 5.26 Å². The minimum Gasteiger partial charge on any atom is -0.507 e. The first-order valence-electron chi connectivity index (χ1n) is 12.9. The van der Waals surface area contributed by atoms with Gasteiger partial charge in [0, 0.05) is 48.0 Å². The van der Waals surface area contributed by atoms with Gasteiger partial charge in [-0.25, -0.2) is 0 Å². The predicted molar refractivity (Wildman–Crippen MR) is 138 cm³/mol. The first kappa shape index (κ1) is 25.1. The van der Waals surface area contributed by atoms with Crippen LogP contribution in [-0.4, -0.2) is 74.4 Å². The first-order chi connectivity index (χ1) is 18.4. The van der Waals surface area contributed by atoms with Gasteiger partial charge in [0.2, 0.25) is 6.79 Å². The molecule has 0 aromatic heterocycles. The summed E-state index contributed by atoms with van der Waals surface area (Å²) in [6.07, 6.45) is 1.19. The van der Waals surface area contributed by atoms with Crippen LogP contribution in [0.4, 0.5) is 0 Å². The van der Waals surface area contributed by atoms with Crippen LogP contribution in [0.15, 0.2) is 6.07 Å². The molecule has 4 aliphatic heterocycles. The number of benzene rings is 2. The maximum Gasteiger partial charge on any atom is 0.231 e. The zero-order valence-corrected chi connectivity index (χ0v) is 22.4. The number of ether oxygens (including phenoxy) is 5. The Morgan fingerprint density at radius 3 is 2.58 bits per heavy atom. The molecule has 2 aromatic carbocycles. The minimum absolute atomic E-state index is 0.0586. The quantitative estimate of drug-likeness (QED) is 0.566. The lowest BCUT2D eigenvalue weighted by Crippen LogP contribution is -2.68. The normalized spacial score (nSPS) is 27.2. The van der Waals surface area contributed by atoms with Gasteiger partial charge < -0.3 is 34.5 Å². The van der Waals surface area contributed by atoms with Crippen molar-refractivity contribution in [2.24, 2.45) is 5.73 Å². The Kier molecular flexibility index (Phi) is 6.07. The van der Waals surface area contributed by atoms with Gasteiger partial charge in [0.15, 0.2) is 29.8 Å². The highest BCUT2D eigenvalue weighted by Gasteiger charge is 2.56. The van der Waals surface area contributed by atoms with Crippen LogP contribution in [0.1, 0.15) is 45.5 Å². The summed E-state index contributed by atoms with van der Waals surface area (Å²) >= 11 is 0. The van der Waals surface area contributed by atoms with E-state index in [0.29, 0.717) is 41.4 Å². The van der Waals surface area contributed by atoms with E-state index in [2.05, 4.69) is 29.0 Å². The second kappa shape index (κ2) is 9.20. The molecule has 0 saturated carbocycles. The smallest absolute Gasteiger partial charge is 0.231 e. The maximum absolute atomic E-state index is 11.4. The number of rotatable bonds is 5. The van der Waals surface area contributed by atoms with Gasteiger partial charge in [-0.3, -0.25) is 9.80 Å². The zero-order chi connectivity index (χ0) is 26.9. The molecule has 0 aliphatic carbocycles. The number of aromatic hydroxyl groups is 1. The Morgan fingerprint density at radius 2 is 1.89 bits per heavy atom. The van der Waals surface area contributed by atoms with Crippen LogP contribution in [0.3, 0.4) is 0 Å². The van der Waals surface area contributed by atoms with Crippen LogP contribution in [0.5, 0.6) is 28.7 Å². The van der Waals surface area contributed by atoms with Gasteiger partial charge in [-0.15, -0.1) is 0 Å². The molecule has 2 aromatic rings. The molecule has 4 aliphatic rings. The second-order valence-electron chi connectivity index (χ2n) is 10.5. The van der Waals surface area contributed by atoms with E-state index in [1.165, 1.54) is 0 Å². The molecule has 5 atom stereocenters. The van der Waals surface area contributed by atoms with Crippen LogP contribution in [-0.2, 0) is 17.6 Å². The first-order valence-corrected chi connectivity index (χ1v) is 12.9. The Bertz CT molecular complexity index is 1340. The number of nitrogens with zero attached hydrogens (tertiary/aromatic N) is 3. The fourth-order valence-corrected chi connectivity index (χ4v) is 7.31. The molecule has 0 amide bonds. The molecule has 6 rings (SSSR count). The van der Waals surface area contributed by atoms with Gasteiger partial charge in [-0.1, -0.05) is 6.07 Å². The molecule has 2 bridgehead atoms. The third kappa shape index (κ3) is 3.26. The number of phenols is 1. The number of fused-ring (bicyclic) bond motifs is 9. The second-order valence-corrected chi connectivity index (χ2v) is 10.5. The number of phenolic OH excluding ortho intramolecular Hbond substituents is 1. The fraction of sp³-hybridized carbons (Fsp3) is 0.536. The summed E-state index contributed by atoms with van der Waals surface area (Å²) in [7, 11) is 5.31. The average molecular weight is 523 g/mol. The van der Waals surface area contributed by atoms with Crippen molar-refractivity contribution in [1.29, 1.82) is 5.26 Å². The molecule has 0 spiro atoms. The standard InChI is InChI=1S/C28H34N4O6/c1-13-6-15-7-17-19(9-29)32-18(23(31(17)3)21(15)27(25(13)35-5)36-11-34-4)8-16-22(20(32)10-30)28-26(37-12-38-28)14(2)24(16)33/h6,17-20,23,33H,7-8,10-12,30H2,1-5H3/t17?,18?,19?,20-,23?/m0/s1. The summed E-state index contributed by atoms with van der Waals surface area (Å²) in [4.78, 5) is 4.55. The van der Waals surface area contributed by atoms with Crippen molar-refractivity contribution in [3.8, 4) is 34.8 Å². The van der Waals surface area contributed by atoms with E-state index in [4.69, 9.17) is 29.4 Å². The number of nitrogens with two attached hydrogens (primary N) is 1. The van der Waals surface area contributed by atoms with E-state index in [-0.39, 0.29) is 50.0 Å². The van der Waals surface area contributed by atoms with Crippen LogP contribution >= 0.6 is 0 Å². The van der Waals surface area contributed by atoms with Crippen LogP contribution < -0.4 is 24.7 Å². The van der Waals surface area contributed by atoms with Gasteiger partial charge in [-0.05, 0) is 44.9 Å². The van der Waals surface area contributed by atoms with Crippen LogP contribution in [0.2, 0.25) is 0 Å². The highest BCUT2D eigenvalue weighted by Crippen LogP contribution is 2.58. The molecule has 3 N–H and O–H groups in total. The van der Waals surface area contributed by atoms with Crippen molar-refractivity contribution >= 4 is 0 Å². The highest BCUT2D eigenvalue weighted by atomic mass is 16.7. The summed E-state index contributed by atoms with van der Waals surface area (Å²) in [6, 6.07) is 3.67. The average Bonchev–Trinajstić information content (AvgIpc) is 3.40. The largest absolute Gasteiger partial charge is 0.507 e. The van der Waals surface area contributed by atoms with Gasteiger partial charge >= 0.3 is 0 Å². The van der Waals surface area contributed by atoms with Gasteiger partial charge in [0.25, 0.3) is 0 Å². The maximum atomic E-state index is 11.4. The van der Waals surface area contributed by atoms with E-state index in [1.807, 2.05) is 13.8 Å². The molecule has 0 radical (unpaired) electrons. The number of likely N-dealkylation sites (N-methyl/N-ethyl adjacent to an activating group) is 1. The molecule has 202 valence electrons. The molecular weight excluding hydrogens is 488 g/mol. The van der Waals surface area contributed by atoms with Crippen molar-refractivity contribution in [1.82, 2.24) is 9.80 Å². The molecule has 1 fully saturated rings. The molecule has 10 heteroatoms. The third-order valence-electron chi connectivity index (χ3n) is 8.82. The highest BCUT2D eigenvalue weighted by molar-refractivity contribution is 5.66. The van der Waals surface area contributed by atoms with Crippen molar-refractivity contribution in [3.05, 3.63) is 39.4 Å². The van der Waals surface area contributed by atoms with Gasteiger partial charge in [0.05, 0.1) is 25.3 Å². The molecule has 38 heavy (non-hydrogen) atoms. The summed E-state index contributed by atoms with van der Waals surface area (Å²) in [5, 5.41) is 21.9. The van der Waals surface area contributed by atoms with Crippen LogP contribution in [0, 0.1) is 25.2 Å².